The van der Waals surface area contributed by atoms with Crippen LogP contribution >= 0.6 is 23.4 Å². The number of carboxylic acid groups (broad SMARTS) is 1. The van der Waals surface area contributed by atoms with E-state index in [1.807, 2.05) is 66.7 Å². The van der Waals surface area contributed by atoms with Gasteiger partial charge < -0.3 is 10.0 Å². The van der Waals surface area contributed by atoms with Gasteiger partial charge in [-0.2, -0.15) is 0 Å². The van der Waals surface area contributed by atoms with Crippen LogP contribution in [0.4, 0.5) is 11.4 Å². The molecule has 4 aromatic rings. The highest BCUT2D eigenvalue weighted by molar-refractivity contribution is 7.99. The van der Waals surface area contributed by atoms with E-state index in [0.29, 0.717) is 27.0 Å². The summed E-state index contributed by atoms with van der Waals surface area (Å²) in [6.45, 7) is 0.914. The van der Waals surface area contributed by atoms with Gasteiger partial charge in [-0.15, -0.1) is 0 Å². The summed E-state index contributed by atoms with van der Waals surface area (Å²) in [5, 5.41) is 10.5. The highest BCUT2D eigenvalue weighted by Crippen LogP contribution is 2.36. The SMILES string of the molecule is O=C(c1ccc(N(CC2CC2)c2ccc(Cl)cc2)cc1)c1ccc(Sc2ccccc2)c(C(=O)O)c1. The summed E-state index contributed by atoms with van der Waals surface area (Å²) in [6.07, 6.45) is 2.45. The van der Waals surface area contributed by atoms with Crippen LogP contribution in [0.1, 0.15) is 39.1 Å². The molecule has 4 aromatic carbocycles. The molecule has 1 fully saturated rings. The summed E-state index contributed by atoms with van der Waals surface area (Å²) in [5.74, 6) is -0.596. The first-order valence-electron chi connectivity index (χ1n) is 11.8. The predicted molar refractivity (Wildman–Crippen MR) is 145 cm³/mol. The Morgan fingerprint density at radius 2 is 1.44 bits per heavy atom. The molecular formula is C30H24ClNO3S. The van der Waals surface area contributed by atoms with Crippen molar-refractivity contribution < 1.29 is 14.7 Å². The number of nitrogens with zero attached hydrogens (tertiary/aromatic N) is 1. The van der Waals surface area contributed by atoms with E-state index in [9.17, 15) is 14.7 Å². The molecule has 0 atom stereocenters. The smallest absolute Gasteiger partial charge is 0.336 e. The quantitative estimate of drug-likeness (QED) is 0.230. The Kier molecular flexibility index (Phi) is 7.12. The molecule has 36 heavy (non-hydrogen) atoms. The molecule has 0 spiro atoms. The highest BCUT2D eigenvalue weighted by atomic mass is 35.5. The second-order valence-electron chi connectivity index (χ2n) is 8.84. The van der Waals surface area contributed by atoms with E-state index in [1.165, 1.54) is 30.7 Å². The minimum Gasteiger partial charge on any atom is -0.478 e. The van der Waals surface area contributed by atoms with Gasteiger partial charge in [0.2, 0.25) is 0 Å². The fraction of sp³-hybridized carbons (Fsp3) is 0.133. The van der Waals surface area contributed by atoms with Crippen LogP contribution in [-0.2, 0) is 0 Å². The van der Waals surface area contributed by atoms with Gasteiger partial charge in [0.05, 0.1) is 5.56 Å². The maximum absolute atomic E-state index is 13.2. The number of aromatic carboxylic acids is 1. The van der Waals surface area contributed by atoms with Crippen LogP contribution in [0.25, 0.3) is 0 Å². The summed E-state index contributed by atoms with van der Waals surface area (Å²) >= 11 is 7.45. The maximum Gasteiger partial charge on any atom is 0.336 e. The molecule has 0 amide bonds. The molecule has 0 radical (unpaired) electrons. The summed E-state index contributed by atoms with van der Waals surface area (Å²) in [7, 11) is 0. The van der Waals surface area contributed by atoms with E-state index in [-0.39, 0.29) is 11.3 Å². The molecule has 1 aliphatic rings. The van der Waals surface area contributed by atoms with Crippen molar-refractivity contribution in [1.82, 2.24) is 0 Å². The van der Waals surface area contributed by atoms with Crippen LogP contribution in [0, 0.1) is 5.92 Å². The van der Waals surface area contributed by atoms with Crippen LogP contribution in [0.2, 0.25) is 5.02 Å². The van der Waals surface area contributed by atoms with Crippen molar-refractivity contribution in [2.24, 2.45) is 5.92 Å². The van der Waals surface area contributed by atoms with Gasteiger partial charge in [0.15, 0.2) is 5.78 Å². The Bertz CT molecular complexity index is 1380. The van der Waals surface area contributed by atoms with E-state index in [2.05, 4.69) is 4.90 Å². The molecule has 4 nitrogen and oxygen atoms in total. The number of carbonyl (C=O) groups excluding carboxylic acids is 1. The van der Waals surface area contributed by atoms with Gasteiger partial charge in [0.25, 0.3) is 0 Å². The molecule has 0 unspecified atom stereocenters. The van der Waals surface area contributed by atoms with Crippen molar-refractivity contribution in [1.29, 1.82) is 0 Å². The Labute approximate surface area is 219 Å². The third-order valence-electron chi connectivity index (χ3n) is 6.16. The average Bonchev–Trinajstić information content (AvgIpc) is 3.73. The molecule has 0 heterocycles. The molecular weight excluding hydrogens is 490 g/mol. The van der Waals surface area contributed by atoms with Crippen molar-refractivity contribution in [2.75, 3.05) is 11.4 Å². The summed E-state index contributed by atoms with van der Waals surface area (Å²) in [6, 6.07) is 29.7. The zero-order valence-corrected chi connectivity index (χ0v) is 21.0. The molecule has 0 saturated heterocycles. The van der Waals surface area contributed by atoms with Gasteiger partial charge in [0.1, 0.15) is 0 Å². The Morgan fingerprint density at radius 3 is 2.06 bits per heavy atom. The zero-order valence-electron chi connectivity index (χ0n) is 19.4. The standard InChI is InChI=1S/C30H24ClNO3S/c31-23-11-15-25(16-12-23)32(19-20-6-7-20)24-13-8-21(9-14-24)29(33)22-10-17-28(27(18-22)30(34)35)36-26-4-2-1-3-5-26/h1-5,8-18,20H,6-7,19H2,(H,34,35). The molecule has 0 aromatic heterocycles. The maximum atomic E-state index is 13.2. The van der Waals surface area contributed by atoms with Gasteiger partial charge >= 0.3 is 5.97 Å². The molecule has 0 bridgehead atoms. The topological polar surface area (TPSA) is 57.6 Å². The molecule has 5 rings (SSSR count). The molecule has 0 aliphatic heterocycles. The van der Waals surface area contributed by atoms with Crippen LogP contribution in [0.3, 0.4) is 0 Å². The number of ketones is 1. The summed E-state index contributed by atoms with van der Waals surface area (Å²) in [4.78, 5) is 29.0. The first-order chi connectivity index (χ1) is 17.5. The molecule has 6 heteroatoms. The van der Waals surface area contributed by atoms with Gasteiger partial charge in [0, 0.05) is 43.9 Å². The first kappa shape index (κ1) is 24.2. The lowest BCUT2D eigenvalue weighted by molar-refractivity contribution is 0.0693. The van der Waals surface area contributed by atoms with E-state index < -0.39 is 5.97 Å². The Balaban J connectivity index is 1.39. The lowest BCUT2D eigenvalue weighted by Gasteiger charge is -2.25. The fourth-order valence-electron chi connectivity index (χ4n) is 4.04. The number of halogens is 1. The van der Waals surface area contributed by atoms with Crippen molar-refractivity contribution >= 4 is 46.5 Å². The molecule has 180 valence electrons. The number of rotatable bonds is 9. The van der Waals surface area contributed by atoms with Crippen molar-refractivity contribution in [3.8, 4) is 0 Å². The summed E-state index contributed by atoms with van der Waals surface area (Å²) < 4.78 is 0. The monoisotopic (exact) mass is 513 g/mol. The minimum absolute atomic E-state index is 0.115. The third kappa shape index (κ3) is 5.64. The number of carboxylic acids is 1. The Hall–Kier alpha value is -3.54. The first-order valence-corrected chi connectivity index (χ1v) is 13.0. The van der Waals surface area contributed by atoms with Crippen molar-refractivity contribution in [3.63, 3.8) is 0 Å². The Morgan fingerprint density at radius 1 is 0.833 bits per heavy atom. The fourth-order valence-corrected chi connectivity index (χ4v) is 5.11. The van der Waals surface area contributed by atoms with Crippen LogP contribution in [0.15, 0.2) is 107 Å². The van der Waals surface area contributed by atoms with E-state index in [1.54, 1.807) is 24.3 Å². The second kappa shape index (κ2) is 10.6. The number of carbonyl (C=O) groups is 2. The van der Waals surface area contributed by atoms with Gasteiger partial charge in [-0.1, -0.05) is 41.6 Å². The van der Waals surface area contributed by atoms with Gasteiger partial charge in [-0.05, 0) is 97.6 Å². The zero-order chi connectivity index (χ0) is 25.1. The second-order valence-corrected chi connectivity index (χ2v) is 10.4. The summed E-state index contributed by atoms with van der Waals surface area (Å²) in [5.41, 5.74) is 3.04. The van der Waals surface area contributed by atoms with Crippen LogP contribution in [0.5, 0.6) is 0 Å². The minimum atomic E-state index is -1.06. The highest BCUT2D eigenvalue weighted by Gasteiger charge is 2.25. The number of anilines is 2. The van der Waals surface area contributed by atoms with E-state index >= 15 is 0 Å². The number of hydrogen-bond donors (Lipinski definition) is 1. The normalized spacial score (nSPS) is 12.8. The van der Waals surface area contributed by atoms with Gasteiger partial charge in [-0.3, -0.25) is 4.79 Å². The molecule has 1 saturated carbocycles. The van der Waals surface area contributed by atoms with Crippen molar-refractivity contribution in [3.05, 3.63) is 119 Å². The number of benzene rings is 4. The van der Waals surface area contributed by atoms with Crippen LogP contribution in [-0.4, -0.2) is 23.4 Å². The number of hydrogen-bond acceptors (Lipinski definition) is 4. The van der Waals surface area contributed by atoms with Crippen molar-refractivity contribution in [2.45, 2.75) is 22.6 Å². The van der Waals surface area contributed by atoms with Crippen LogP contribution < -0.4 is 4.90 Å². The lowest BCUT2D eigenvalue weighted by atomic mass is 10.0. The lowest BCUT2D eigenvalue weighted by Crippen LogP contribution is -2.19. The third-order valence-corrected chi connectivity index (χ3v) is 7.50. The molecule has 1 N–H and O–H groups in total. The van der Waals surface area contributed by atoms with E-state index in [4.69, 9.17) is 11.6 Å². The average molecular weight is 514 g/mol. The predicted octanol–water partition coefficient (Wildman–Crippen LogP) is 7.97. The van der Waals surface area contributed by atoms with E-state index in [0.717, 1.165) is 22.8 Å². The van der Waals surface area contributed by atoms with Gasteiger partial charge in [-0.25, -0.2) is 4.79 Å². The largest absolute Gasteiger partial charge is 0.478 e. The molecule has 1 aliphatic carbocycles.